The number of phenols is 1. The molecular weight excluding hydrogens is 240 g/mol. The van der Waals surface area contributed by atoms with Crippen molar-refractivity contribution in [1.82, 2.24) is 10.2 Å². The van der Waals surface area contributed by atoms with Gasteiger partial charge in [-0.05, 0) is 45.5 Å². The maximum atomic E-state index is 9.45. The van der Waals surface area contributed by atoms with Crippen LogP contribution in [0.2, 0.25) is 0 Å². The zero-order valence-corrected chi connectivity index (χ0v) is 11.6. The van der Waals surface area contributed by atoms with Crippen LogP contribution in [0.5, 0.6) is 11.5 Å². The lowest BCUT2D eigenvalue weighted by Gasteiger charge is -2.48. The fourth-order valence-corrected chi connectivity index (χ4v) is 3.05. The molecule has 1 unspecified atom stereocenters. The van der Waals surface area contributed by atoms with Crippen molar-refractivity contribution < 1.29 is 9.84 Å². The lowest BCUT2D eigenvalue weighted by molar-refractivity contribution is 0.0562. The number of fused-ring (bicyclic) bond motifs is 1. The van der Waals surface area contributed by atoms with Crippen LogP contribution in [0, 0.1) is 0 Å². The summed E-state index contributed by atoms with van der Waals surface area (Å²) in [5.74, 6) is 1.08. The lowest BCUT2D eigenvalue weighted by Crippen LogP contribution is -2.56. The van der Waals surface area contributed by atoms with Gasteiger partial charge in [0.1, 0.15) is 18.1 Å². The Labute approximate surface area is 114 Å². The van der Waals surface area contributed by atoms with Crippen LogP contribution in [0.4, 0.5) is 0 Å². The minimum Gasteiger partial charge on any atom is -0.508 e. The molecule has 2 aliphatic rings. The molecule has 0 spiro atoms. The van der Waals surface area contributed by atoms with Crippen LogP contribution in [0.25, 0.3) is 0 Å². The number of ether oxygens (including phenoxy) is 1. The van der Waals surface area contributed by atoms with Crippen molar-refractivity contribution >= 4 is 0 Å². The van der Waals surface area contributed by atoms with Crippen LogP contribution in [-0.2, 0) is 0 Å². The Morgan fingerprint density at radius 2 is 2.21 bits per heavy atom. The molecule has 4 heteroatoms. The van der Waals surface area contributed by atoms with Gasteiger partial charge in [0.15, 0.2) is 0 Å². The predicted molar refractivity (Wildman–Crippen MR) is 74.6 cm³/mol. The maximum absolute atomic E-state index is 9.45. The molecule has 1 aliphatic carbocycles. The van der Waals surface area contributed by atoms with E-state index in [4.69, 9.17) is 4.74 Å². The van der Waals surface area contributed by atoms with E-state index in [0.29, 0.717) is 12.1 Å². The zero-order chi connectivity index (χ0) is 13.5. The Morgan fingerprint density at radius 1 is 1.42 bits per heavy atom. The third-order valence-electron chi connectivity index (χ3n) is 4.69. The Kier molecular flexibility index (Phi) is 3.15. The smallest absolute Gasteiger partial charge is 0.127 e. The molecule has 19 heavy (non-hydrogen) atoms. The zero-order valence-electron chi connectivity index (χ0n) is 11.6. The quantitative estimate of drug-likeness (QED) is 0.870. The molecule has 1 heterocycles. The molecule has 1 fully saturated rings. The van der Waals surface area contributed by atoms with Crippen molar-refractivity contribution in [3.05, 3.63) is 23.8 Å². The molecule has 0 aromatic heterocycles. The Morgan fingerprint density at radius 3 is 2.84 bits per heavy atom. The highest BCUT2D eigenvalue weighted by atomic mass is 16.5. The minimum atomic E-state index is 0.244. The summed E-state index contributed by atoms with van der Waals surface area (Å²) in [6, 6.07) is 5.63. The number of likely N-dealkylation sites (N-methyl/N-ethyl adjacent to an activating group) is 1. The molecule has 1 saturated carbocycles. The Balaban J connectivity index is 1.67. The summed E-state index contributed by atoms with van der Waals surface area (Å²) < 4.78 is 5.63. The van der Waals surface area contributed by atoms with Crippen molar-refractivity contribution in [3.63, 3.8) is 0 Å². The lowest BCUT2D eigenvalue weighted by atomic mass is 9.75. The number of nitrogens with one attached hydrogen (secondary N) is 1. The number of nitrogens with zero attached hydrogens (tertiary/aromatic N) is 1. The van der Waals surface area contributed by atoms with Gasteiger partial charge in [-0.25, -0.2) is 0 Å². The number of hydrogen-bond acceptors (Lipinski definition) is 4. The van der Waals surface area contributed by atoms with E-state index in [1.54, 1.807) is 12.1 Å². The standard InChI is InChI=1S/C15H22N2O2/c1-17(2)15(6-3-7-15)10-16-13-9-19-14-8-11(18)4-5-12(13)14/h4-5,8,13,16,18H,3,6-7,9-10H2,1-2H3. The van der Waals surface area contributed by atoms with Gasteiger partial charge < -0.3 is 20.1 Å². The molecule has 1 aromatic carbocycles. The second-order valence-electron chi connectivity index (χ2n) is 5.94. The van der Waals surface area contributed by atoms with E-state index in [9.17, 15) is 5.11 Å². The summed E-state index contributed by atoms with van der Waals surface area (Å²) in [7, 11) is 4.33. The van der Waals surface area contributed by atoms with Crippen LogP contribution in [-0.4, -0.2) is 42.8 Å². The molecule has 1 aliphatic heterocycles. The van der Waals surface area contributed by atoms with Crippen LogP contribution in [0.3, 0.4) is 0 Å². The van der Waals surface area contributed by atoms with Gasteiger partial charge in [0, 0.05) is 23.7 Å². The van der Waals surface area contributed by atoms with Crippen LogP contribution >= 0.6 is 0 Å². The van der Waals surface area contributed by atoms with Gasteiger partial charge in [0.2, 0.25) is 0 Å². The summed E-state index contributed by atoms with van der Waals surface area (Å²) in [5.41, 5.74) is 1.48. The highest BCUT2D eigenvalue weighted by Crippen LogP contribution is 2.38. The van der Waals surface area contributed by atoms with Crippen LogP contribution in [0.15, 0.2) is 18.2 Å². The van der Waals surface area contributed by atoms with Gasteiger partial charge in [-0.15, -0.1) is 0 Å². The van der Waals surface area contributed by atoms with Crippen molar-refractivity contribution in [1.29, 1.82) is 0 Å². The third-order valence-corrected chi connectivity index (χ3v) is 4.69. The summed E-state index contributed by atoms with van der Waals surface area (Å²) in [6.07, 6.45) is 3.86. The molecular formula is C15H22N2O2. The second kappa shape index (κ2) is 4.69. The molecule has 104 valence electrons. The van der Waals surface area contributed by atoms with Crippen molar-refractivity contribution in [2.24, 2.45) is 0 Å². The molecule has 0 radical (unpaired) electrons. The van der Waals surface area contributed by atoms with E-state index in [-0.39, 0.29) is 11.8 Å². The van der Waals surface area contributed by atoms with Gasteiger partial charge in [0.05, 0.1) is 6.04 Å². The van der Waals surface area contributed by atoms with Gasteiger partial charge in [0.25, 0.3) is 0 Å². The van der Waals surface area contributed by atoms with Gasteiger partial charge in [-0.3, -0.25) is 0 Å². The van der Waals surface area contributed by atoms with Gasteiger partial charge in [-0.2, -0.15) is 0 Å². The second-order valence-corrected chi connectivity index (χ2v) is 5.94. The number of hydrogen-bond donors (Lipinski definition) is 2. The molecule has 1 aromatic rings. The molecule has 0 amide bonds. The largest absolute Gasteiger partial charge is 0.508 e. The van der Waals surface area contributed by atoms with Crippen LogP contribution < -0.4 is 10.1 Å². The maximum Gasteiger partial charge on any atom is 0.127 e. The van der Waals surface area contributed by atoms with Crippen molar-refractivity contribution in [2.75, 3.05) is 27.2 Å². The van der Waals surface area contributed by atoms with E-state index in [2.05, 4.69) is 24.3 Å². The molecule has 2 N–H and O–H groups in total. The minimum absolute atomic E-state index is 0.244. The van der Waals surface area contributed by atoms with Crippen molar-refractivity contribution in [3.8, 4) is 11.5 Å². The average Bonchev–Trinajstić information content (AvgIpc) is 2.69. The van der Waals surface area contributed by atoms with E-state index >= 15 is 0 Å². The number of aromatic hydroxyl groups is 1. The highest BCUT2D eigenvalue weighted by molar-refractivity contribution is 5.44. The normalized spacial score (nSPS) is 23.8. The van der Waals surface area contributed by atoms with Crippen molar-refractivity contribution in [2.45, 2.75) is 30.8 Å². The average molecular weight is 262 g/mol. The topological polar surface area (TPSA) is 44.7 Å². The predicted octanol–water partition coefficient (Wildman–Crippen LogP) is 1.90. The first-order valence-corrected chi connectivity index (χ1v) is 6.97. The monoisotopic (exact) mass is 262 g/mol. The number of benzene rings is 1. The first-order chi connectivity index (χ1) is 9.11. The third kappa shape index (κ3) is 2.19. The first kappa shape index (κ1) is 12.8. The molecule has 3 rings (SSSR count). The first-order valence-electron chi connectivity index (χ1n) is 6.97. The summed E-state index contributed by atoms with van der Waals surface area (Å²) in [6.45, 7) is 1.65. The van der Waals surface area contributed by atoms with Gasteiger partial charge >= 0.3 is 0 Å². The Hall–Kier alpha value is -1.26. The van der Waals surface area contributed by atoms with Crippen LogP contribution in [0.1, 0.15) is 30.9 Å². The summed E-state index contributed by atoms with van der Waals surface area (Å²) in [4.78, 5) is 2.34. The molecule has 0 bridgehead atoms. The molecule has 0 saturated heterocycles. The number of rotatable bonds is 4. The van der Waals surface area contributed by atoms with Gasteiger partial charge in [-0.1, -0.05) is 0 Å². The van der Waals surface area contributed by atoms with E-state index in [1.165, 1.54) is 19.3 Å². The highest BCUT2D eigenvalue weighted by Gasteiger charge is 2.39. The SMILES string of the molecule is CN(C)C1(CNC2COc3cc(O)ccc32)CCC1. The number of phenolic OH excluding ortho intramolecular Hbond substituents is 1. The van der Waals surface area contributed by atoms with E-state index in [0.717, 1.165) is 17.9 Å². The Bertz CT molecular complexity index is 469. The molecule has 4 nitrogen and oxygen atoms in total. The molecule has 1 atom stereocenters. The van der Waals surface area contributed by atoms with E-state index < -0.39 is 0 Å². The summed E-state index contributed by atoms with van der Waals surface area (Å²) in [5, 5.41) is 13.1. The van der Waals surface area contributed by atoms with E-state index in [1.807, 2.05) is 6.07 Å². The summed E-state index contributed by atoms with van der Waals surface area (Å²) >= 11 is 0. The fraction of sp³-hybridized carbons (Fsp3) is 0.600. The fourth-order valence-electron chi connectivity index (χ4n) is 3.05.